The van der Waals surface area contributed by atoms with Crippen molar-refractivity contribution < 1.29 is 9.59 Å². The Labute approximate surface area is 190 Å². The lowest BCUT2D eigenvalue weighted by Crippen LogP contribution is -2.63. The number of carbonyl (C=O) groups excluding carboxylic acids is 2. The zero-order chi connectivity index (χ0) is 22.7. The molecule has 0 unspecified atom stereocenters. The van der Waals surface area contributed by atoms with Crippen molar-refractivity contribution in [1.29, 1.82) is 0 Å². The minimum absolute atomic E-state index is 0.00104. The van der Waals surface area contributed by atoms with Gasteiger partial charge >= 0.3 is 0 Å². The van der Waals surface area contributed by atoms with Crippen molar-refractivity contribution in [1.82, 2.24) is 15.5 Å². The Morgan fingerprint density at radius 3 is 2.38 bits per heavy atom. The molecule has 1 aliphatic heterocycles. The third-order valence-corrected chi connectivity index (χ3v) is 6.95. The van der Waals surface area contributed by atoms with Crippen LogP contribution < -0.4 is 16.4 Å². The summed E-state index contributed by atoms with van der Waals surface area (Å²) >= 11 is 0. The van der Waals surface area contributed by atoms with Gasteiger partial charge in [-0.15, -0.1) is 0 Å². The van der Waals surface area contributed by atoms with Crippen LogP contribution in [0.4, 0.5) is 0 Å². The van der Waals surface area contributed by atoms with Crippen LogP contribution in [0.2, 0.25) is 0 Å². The molecule has 2 aliphatic rings. The molecule has 0 spiro atoms. The van der Waals surface area contributed by atoms with E-state index < -0.39 is 0 Å². The third kappa shape index (κ3) is 5.19. The molecule has 170 valence electrons. The lowest BCUT2D eigenvalue weighted by Gasteiger charge is -2.48. The first kappa shape index (κ1) is 22.5. The molecular formula is C26H34N4O2. The van der Waals surface area contributed by atoms with Gasteiger partial charge in [-0.2, -0.15) is 0 Å². The molecule has 6 heteroatoms. The van der Waals surface area contributed by atoms with Gasteiger partial charge in [0.2, 0.25) is 5.91 Å². The number of rotatable bonds is 6. The number of likely N-dealkylation sites (tertiary alicyclic amines) is 1. The highest BCUT2D eigenvalue weighted by molar-refractivity contribution is 5.96. The van der Waals surface area contributed by atoms with Crippen molar-refractivity contribution in [3.8, 4) is 0 Å². The summed E-state index contributed by atoms with van der Waals surface area (Å²) in [4.78, 5) is 26.9. The Hall–Kier alpha value is -2.70. The Balaban J connectivity index is 1.17. The third-order valence-electron chi connectivity index (χ3n) is 6.95. The predicted octanol–water partition coefficient (Wildman–Crippen LogP) is 2.63. The second-order valence-corrected chi connectivity index (χ2v) is 9.52. The Kier molecular flexibility index (Phi) is 6.63. The van der Waals surface area contributed by atoms with E-state index in [1.165, 1.54) is 11.1 Å². The number of benzene rings is 2. The van der Waals surface area contributed by atoms with Crippen LogP contribution in [0, 0.1) is 13.8 Å². The summed E-state index contributed by atoms with van der Waals surface area (Å²) in [5.41, 5.74) is 10.6. The highest BCUT2D eigenvalue weighted by atomic mass is 16.2. The Morgan fingerprint density at radius 2 is 1.72 bits per heavy atom. The molecule has 6 nitrogen and oxygen atoms in total. The zero-order valence-electron chi connectivity index (χ0n) is 19.1. The van der Waals surface area contributed by atoms with Gasteiger partial charge in [-0.1, -0.05) is 47.5 Å². The van der Waals surface area contributed by atoms with Crippen LogP contribution >= 0.6 is 0 Å². The standard InChI is InChI=1S/C26H34N4O2/c1-18-6-8-21(9-7-18)26(27)12-10-23(11-13-26)30-16-22(17-30)29-24(31)15-28-25(32)20-5-3-4-19(2)14-20/h3-9,14,22-23H,10-13,15-17,27H2,1-2H3,(H,28,32)(H,29,31)/t23-,26-. The molecule has 0 radical (unpaired) electrons. The molecule has 0 atom stereocenters. The van der Waals surface area contributed by atoms with Crippen LogP contribution in [-0.2, 0) is 10.3 Å². The molecular weight excluding hydrogens is 400 g/mol. The minimum Gasteiger partial charge on any atom is -0.349 e. The molecule has 1 saturated carbocycles. The number of hydrogen-bond donors (Lipinski definition) is 3. The number of carbonyl (C=O) groups is 2. The summed E-state index contributed by atoms with van der Waals surface area (Å²) < 4.78 is 0. The van der Waals surface area contributed by atoms with Gasteiger partial charge in [0, 0.05) is 30.2 Å². The number of nitrogens with zero attached hydrogens (tertiary/aromatic N) is 1. The highest BCUT2D eigenvalue weighted by Gasteiger charge is 2.39. The second kappa shape index (κ2) is 9.43. The number of amides is 2. The van der Waals surface area contributed by atoms with Gasteiger partial charge in [-0.05, 0) is 57.2 Å². The quantitative estimate of drug-likeness (QED) is 0.652. The minimum atomic E-state index is -0.224. The maximum Gasteiger partial charge on any atom is 0.251 e. The first-order chi connectivity index (χ1) is 15.3. The summed E-state index contributed by atoms with van der Waals surface area (Å²) in [5, 5.41) is 5.73. The molecule has 1 aliphatic carbocycles. The van der Waals surface area contributed by atoms with Crippen LogP contribution in [0.1, 0.15) is 52.7 Å². The van der Waals surface area contributed by atoms with Gasteiger partial charge in [0.05, 0.1) is 12.6 Å². The zero-order valence-corrected chi connectivity index (χ0v) is 19.1. The fraction of sp³-hybridized carbons (Fsp3) is 0.462. The van der Waals surface area contributed by atoms with Gasteiger partial charge in [-0.25, -0.2) is 0 Å². The molecule has 2 fully saturated rings. The van der Waals surface area contributed by atoms with Crippen molar-refractivity contribution in [3.63, 3.8) is 0 Å². The van der Waals surface area contributed by atoms with E-state index in [0.29, 0.717) is 11.6 Å². The van der Waals surface area contributed by atoms with Gasteiger partial charge in [0.1, 0.15) is 0 Å². The largest absolute Gasteiger partial charge is 0.349 e. The fourth-order valence-corrected chi connectivity index (χ4v) is 4.89. The molecule has 4 N–H and O–H groups in total. The van der Waals surface area contributed by atoms with Crippen LogP contribution in [0.5, 0.6) is 0 Å². The summed E-state index contributed by atoms with van der Waals surface area (Å²) in [7, 11) is 0. The summed E-state index contributed by atoms with van der Waals surface area (Å²) in [5.74, 6) is -0.361. The molecule has 0 aromatic heterocycles. The number of hydrogen-bond acceptors (Lipinski definition) is 4. The van der Waals surface area contributed by atoms with Gasteiger partial charge < -0.3 is 16.4 Å². The highest BCUT2D eigenvalue weighted by Crippen LogP contribution is 2.37. The van der Waals surface area contributed by atoms with Gasteiger partial charge in [0.25, 0.3) is 5.91 Å². The Bertz CT molecular complexity index is 958. The monoisotopic (exact) mass is 434 g/mol. The molecule has 1 saturated heterocycles. The lowest BCUT2D eigenvalue weighted by molar-refractivity contribution is -0.122. The van der Waals surface area contributed by atoms with Crippen LogP contribution in [0.15, 0.2) is 48.5 Å². The molecule has 2 amide bonds. The topological polar surface area (TPSA) is 87.5 Å². The van der Waals surface area contributed by atoms with E-state index in [2.05, 4.69) is 46.7 Å². The summed E-state index contributed by atoms with van der Waals surface area (Å²) in [6.07, 6.45) is 4.13. The van der Waals surface area contributed by atoms with Crippen molar-refractivity contribution in [2.75, 3.05) is 19.6 Å². The summed E-state index contributed by atoms with van der Waals surface area (Å²) in [6, 6.07) is 16.7. The van der Waals surface area contributed by atoms with E-state index in [4.69, 9.17) is 5.73 Å². The Morgan fingerprint density at radius 1 is 1.03 bits per heavy atom. The van der Waals surface area contributed by atoms with Crippen molar-refractivity contribution in [3.05, 3.63) is 70.8 Å². The molecule has 2 aromatic carbocycles. The van der Waals surface area contributed by atoms with Crippen LogP contribution in [0.25, 0.3) is 0 Å². The average Bonchev–Trinajstić information content (AvgIpc) is 2.75. The van der Waals surface area contributed by atoms with E-state index in [0.717, 1.165) is 44.3 Å². The first-order valence-electron chi connectivity index (χ1n) is 11.6. The SMILES string of the molecule is Cc1ccc([C@]2(N)CC[C@H](N3CC(NC(=O)CNC(=O)c4cccc(C)c4)C3)CC2)cc1. The van der Waals surface area contributed by atoms with Crippen molar-refractivity contribution in [2.24, 2.45) is 5.73 Å². The van der Waals surface area contributed by atoms with Crippen LogP contribution in [-0.4, -0.2) is 48.4 Å². The first-order valence-corrected chi connectivity index (χ1v) is 11.6. The second-order valence-electron chi connectivity index (χ2n) is 9.52. The molecule has 32 heavy (non-hydrogen) atoms. The molecule has 4 rings (SSSR count). The molecule has 0 bridgehead atoms. The van der Waals surface area contributed by atoms with Crippen molar-refractivity contribution in [2.45, 2.75) is 57.2 Å². The maximum absolute atomic E-state index is 12.2. The molecule has 1 heterocycles. The molecule has 2 aromatic rings. The smallest absolute Gasteiger partial charge is 0.251 e. The normalized spacial score (nSPS) is 23.9. The van der Waals surface area contributed by atoms with Gasteiger partial charge in [-0.3, -0.25) is 14.5 Å². The van der Waals surface area contributed by atoms with E-state index in [-0.39, 0.29) is 29.9 Å². The van der Waals surface area contributed by atoms with E-state index in [9.17, 15) is 9.59 Å². The van der Waals surface area contributed by atoms with E-state index >= 15 is 0 Å². The summed E-state index contributed by atoms with van der Waals surface area (Å²) in [6.45, 7) is 5.77. The number of nitrogens with one attached hydrogen (secondary N) is 2. The van der Waals surface area contributed by atoms with Gasteiger partial charge in [0.15, 0.2) is 0 Å². The lowest BCUT2D eigenvalue weighted by atomic mass is 9.74. The predicted molar refractivity (Wildman–Crippen MR) is 126 cm³/mol. The van der Waals surface area contributed by atoms with Crippen molar-refractivity contribution >= 4 is 11.8 Å². The number of nitrogens with two attached hydrogens (primary N) is 1. The fourth-order valence-electron chi connectivity index (χ4n) is 4.89. The van der Waals surface area contributed by atoms with E-state index in [1.54, 1.807) is 6.07 Å². The maximum atomic E-state index is 12.2. The average molecular weight is 435 g/mol. The van der Waals surface area contributed by atoms with E-state index in [1.807, 2.05) is 25.1 Å². The number of aryl methyl sites for hydroxylation is 2. The van der Waals surface area contributed by atoms with Crippen LogP contribution in [0.3, 0.4) is 0 Å².